The molecule has 0 aliphatic rings. The minimum absolute atomic E-state index is 0. The predicted molar refractivity (Wildman–Crippen MR) is 112 cm³/mol. The Bertz CT molecular complexity index is 519. The molecule has 5 nitrogen and oxygen atoms in total. The third-order valence-corrected chi connectivity index (χ3v) is 3.28. The van der Waals surface area contributed by atoms with Crippen LogP contribution in [0.2, 0.25) is 0 Å². The number of benzene rings is 1. The zero-order chi connectivity index (χ0) is 16.9. The summed E-state index contributed by atoms with van der Waals surface area (Å²) in [4.78, 5) is 4.23. The Morgan fingerprint density at radius 2 is 2.04 bits per heavy atom. The van der Waals surface area contributed by atoms with Gasteiger partial charge in [-0.15, -0.1) is 24.0 Å². The van der Waals surface area contributed by atoms with Gasteiger partial charge in [0.25, 0.3) is 0 Å². The minimum atomic E-state index is 0. The number of hydrogen-bond acceptors (Lipinski definition) is 3. The Balaban J connectivity index is 0.00000529. The van der Waals surface area contributed by atoms with Crippen LogP contribution in [0.4, 0.5) is 0 Å². The highest BCUT2D eigenvalue weighted by Crippen LogP contribution is 2.20. The molecule has 1 rings (SSSR count). The van der Waals surface area contributed by atoms with Gasteiger partial charge in [-0.25, -0.2) is 0 Å². The van der Waals surface area contributed by atoms with Crippen LogP contribution in [-0.2, 0) is 11.3 Å². The molecule has 0 unspecified atom stereocenters. The molecule has 0 bridgehead atoms. The number of rotatable bonds is 9. The summed E-state index contributed by atoms with van der Waals surface area (Å²) >= 11 is 0. The van der Waals surface area contributed by atoms with E-state index in [0.29, 0.717) is 19.8 Å². The molecule has 1 aromatic carbocycles. The fourth-order valence-electron chi connectivity index (χ4n) is 2.02. The van der Waals surface area contributed by atoms with Gasteiger partial charge in [0, 0.05) is 32.8 Å². The van der Waals surface area contributed by atoms with E-state index in [-0.39, 0.29) is 24.0 Å². The van der Waals surface area contributed by atoms with Gasteiger partial charge in [-0.3, -0.25) is 4.99 Å². The Morgan fingerprint density at radius 3 is 2.71 bits per heavy atom. The smallest absolute Gasteiger partial charge is 0.191 e. The molecule has 24 heavy (non-hydrogen) atoms. The number of guanidine groups is 1. The fourth-order valence-corrected chi connectivity index (χ4v) is 2.02. The SMILES string of the molecule is C/C=C/CCNC(=NC)NCc1ccc(C)cc1OCCOC.I. The van der Waals surface area contributed by atoms with Gasteiger partial charge in [-0.05, 0) is 31.9 Å². The largest absolute Gasteiger partial charge is 0.491 e. The number of allylic oxidation sites excluding steroid dienone is 1. The van der Waals surface area contributed by atoms with E-state index in [4.69, 9.17) is 9.47 Å². The summed E-state index contributed by atoms with van der Waals surface area (Å²) in [5.41, 5.74) is 2.28. The molecule has 0 amide bonds. The van der Waals surface area contributed by atoms with Crippen LogP contribution in [0.25, 0.3) is 0 Å². The summed E-state index contributed by atoms with van der Waals surface area (Å²) in [5.74, 6) is 1.68. The monoisotopic (exact) mass is 447 g/mol. The Kier molecular flexibility index (Phi) is 13.3. The van der Waals surface area contributed by atoms with E-state index in [2.05, 4.69) is 46.8 Å². The van der Waals surface area contributed by atoms with Crippen molar-refractivity contribution < 1.29 is 9.47 Å². The summed E-state index contributed by atoms with van der Waals surface area (Å²) < 4.78 is 10.8. The van der Waals surface area contributed by atoms with Crippen molar-refractivity contribution in [3.8, 4) is 5.75 Å². The fraction of sp³-hybridized carbons (Fsp3) is 0.500. The van der Waals surface area contributed by atoms with Gasteiger partial charge in [0.05, 0.1) is 6.61 Å². The molecular weight excluding hydrogens is 417 g/mol. The molecule has 0 radical (unpaired) electrons. The number of methoxy groups -OCH3 is 1. The van der Waals surface area contributed by atoms with Crippen LogP contribution in [0.3, 0.4) is 0 Å². The van der Waals surface area contributed by atoms with Crippen LogP contribution in [0.5, 0.6) is 5.75 Å². The standard InChI is InChI=1S/C18H29N3O2.HI/c1-5-6-7-10-20-18(19-3)21-14-16-9-8-15(2)13-17(16)23-12-11-22-4;/h5-6,8-9,13H,7,10-12,14H2,1-4H3,(H2,19,20,21);1H/b6-5+;. The number of nitrogens with zero attached hydrogens (tertiary/aromatic N) is 1. The second-order valence-electron chi connectivity index (χ2n) is 5.16. The van der Waals surface area contributed by atoms with E-state index < -0.39 is 0 Å². The van der Waals surface area contributed by atoms with Crippen molar-refractivity contribution in [2.45, 2.75) is 26.8 Å². The third-order valence-electron chi connectivity index (χ3n) is 3.28. The molecule has 0 heterocycles. The summed E-state index contributed by atoms with van der Waals surface area (Å²) in [6.45, 7) is 6.72. The van der Waals surface area contributed by atoms with Crippen molar-refractivity contribution in [1.29, 1.82) is 0 Å². The van der Waals surface area contributed by atoms with Gasteiger partial charge in [0.15, 0.2) is 5.96 Å². The lowest BCUT2D eigenvalue weighted by atomic mass is 10.1. The number of ether oxygens (including phenoxy) is 2. The molecule has 0 saturated carbocycles. The van der Waals surface area contributed by atoms with Crippen LogP contribution in [0.15, 0.2) is 35.3 Å². The second-order valence-corrected chi connectivity index (χ2v) is 5.16. The Morgan fingerprint density at radius 1 is 1.25 bits per heavy atom. The first-order valence-electron chi connectivity index (χ1n) is 7.98. The molecule has 6 heteroatoms. The van der Waals surface area contributed by atoms with E-state index in [1.807, 2.05) is 13.0 Å². The van der Waals surface area contributed by atoms with Crippen molar-refractivity contribution in [2.24, 2.45) is 4.99 Å². The topological polar surface area (TPSA) is 54.9 Å². The van der Waals surface area contributed by atoms with Crippen LogP contribution < -0.4 is 15.4 Å². The van der Waals surface area contributed by atoms with Crippen LogP contribution in [-0.4, -0.2) is 39.9 Å². The molecule has 0 aliphatic heterocycles. The zero-order valence-electron chi connectivity index (χ0n) is 15.1. The molecule has 0 aliphatic carbocycles. The molecule has 136 valence electrons. The van der Waals surface area contributed by atoms with Crippen molar-refractivity contribution >= 4 is 29.9 Å². The maximum Gasteiger partial charge on any atom is 0.191 e. The quantitative estimate of drug-likeness (QED) is 0.201. The van der Waals surface area contributed by atoms with Crippen molar-refractivity contribution in [2.75, 3.05) is 33.9 Å². The van der Waals surface area contributed by atoms with Gasteiger partial charge in [0.2, 0.25) is 0 Å². The van der Waals surface area contributed by atoms with Crippen LogP contribution in [0.1, 0.15) is 24.5 Å². The van der Waals surface area contributed by atoms with Gasteiger partial charge < -0.3 is 20.1 Å². The van der Waals surface area contributed by atoms with Crippen molar-refractivity contribution in [1.82, 2.24) is 10.6 Å². The lowest BCUT2D eigenvalue weighted by Crippen LogP contribution is -2.37. The van der Waals surface area contributed by atoms with E-state index in [9.17, 15) is 0 Å². The average molecular weight is 447 g/mol. The first kappa shape index (κ1) is 22.7. The predicted octanol–water partition coefficient (Wildman–Crippen LogP) is 3.27. The van der Waals surface area contributed by atoms with E-state index >= 15 is 0 Å². The number of halogens is 1. The van der Waals surface area contributed by atoms with Gasteiger partial charge in [0.1, 0.15) is 12.4 Å². The molecule has 0 fully saturated rings. The van der Waals surface area contributed by atoms with Crippen molar-refractivity contribution in [3.63, 3.8) is 0 Å². The van der Waals surface area contributed by atoms with E-state index in [0.717, 1.165) is 30.2 Å². The lowest BCUT2D eigenvalue weighted by molar-refractivity contribution is 0.145. The van der Waals surface area contributed by atoms with Crippen LogP contribution >= 0.6 is 24.0 Å². The Hall–Kier alpha value is -1.28. The highest BCUT2D eigenvalue weighted by Gasteiger charge is 2.05. The second kappa shape index (κ2) is 14.1. The maximum absolute atomic E-state index is 5.80. The highest BCUT2D eigenvalue weighted by atomic mass is 127. The first-order valence-corrected chi connectivity index (χ1v) is 7.98. The van der Waals surface area contributed by atoms with E-state index in [1.165, 1.54) is 5.56 Å². The molecule has 0 atom stereocenters. The summed E-state index contributed by atoms with van der Waals surface area (Å²) in [7, 11) is 3.45. The number of nitrogens with one attached hydrogen (secondary N) is 2. The number of aryl methyl sites for hydroxylation is 1. The third kappa shape index (κ3) is 9.12. The Labute approximate surface area is 162 Å². The average Bonchev–Trinajstić information content (AvgIpc) is 2.56. The molecular formula is C18H30IN3O2. The number of aliphatic imine (C=N–C) groups is 1. The van der Waals surface area contributed by atoms with Gasteiger partial charge >= 0.3 is 0 Å². The summed E-state index contributed by atoms with van der Waals surface area (Å²) in [6.07, 6.45) is 5.16. The van der Waals surface area contributed by atoms with Crippen molar-refractivity contribution in [3.05, 3.63) is 41.5 Å². The van der Waals surface area contributed by atoms with Gasteiger partial charge in [-0.1, -0.05) is 24.3 Å². The molecule has 0 spiro atoms. The molecule has 1 aromatic rings. The van der Waals surface area contributed by atoms with Gasteiger partial charge in [-0.2, -0.15) is 0 Å². The molecule has 0 saturated heterocycles. The zero-order valence-corrected chi connectivity index (χ0v) is 17.4. The summed E-state index contributed by atoms with van der Waals surface area (Å²) in [6, 6.07) is 6.22. The normalized spacial score (nSPS) is 11.2. The maximum atomic E-state index is 5.80. The van der Waals surface area contributed by atoms with Crippen LogP contribution in [0, 0.1) is 6.92 Å². The molecule has 2 N–H and O–H groups in total. The first-order chi connectivity index (χ1) is 11.2. The minimum Gasteiger partial charge on any atom is -0.491 e. The van der Waals surface area contributed by atoms with E-state index in [1.54, 1.807) is 14.2 Å². The highest BCUT2D eigenvalue weighted by molar-refractivity contribution is 14.0. The number of hydrogen-bond donors (Lipinski definition) is 2. The lowest BCUT2D eigenvalue weighted by Gasteiger charge is -2.15. The molecule has 0 aromatic heterocycles. The summed E-state index contributed by atoms with van der Waals surface area (Å²) in [5, 5.41) is 6.60.